The molecule has 0 aliphatic carbocycles. The zero-order chi connectivity index (χ0) is 16.8. The second kappa shape index (κ2) is 7.78. The summed E-state index contributed by atoms with van der Waals surface area (Å²) < 4.78 is 1.78. The third kappa shape index (κ3) is 4.32. The zero-order valence-corrected chi connectivity index (χ0v) is 13.8. The summed E-state index contributed by atoms with van der Waals surface area (Å²) in [6.07, 6.45) is 3.72. The number of benzene rings is 1. The molecule has 0 aliphatic rings. The van der Waals surface area contributed by atoms with Crippen molar-refractivity contribution in [2.24, 2.45) is 5.10 Å². The lowest BCUT2D eigenvalue weighted by Gasteiger charge is -2.01. The predicted octanol–water partition coefficient (Wildman–Crippen LogP) is 3.79. The highest BCUT2D eigenvalue weighted by Gasteiger charge is 2.11. The maximum absolute atomic E-state index is 10.8. The van der Waals surface area contributed by atoms with Gasteiger partial charge in [-0.15, -0.1) is 0 Å². The number of carboxylic acid groups (broad SMARTS) is 1. The summed E-state index contributed by atoms with van der Waals surface area (Å²) in [5.74, 6) is -0.957. The zero-order valence-electron chi connectivity index (χ0n) is 13.1. The molecule has 0 bridgehead atoms. The standard InChI is InChI=1S/C16H19ClN4O2/c1-3-4-9-21-15(17)14(11(2)20-21)10-18-19-13-7-5-12(6-8-13)16(22)23/h5-8,10,19H,3-4,9H2,1-2H3,(H,22,23)/b18-10-. The Hall–Kier alpha value is -2.34. The number of aromatic carboxylic acids is 1. The van der Waals surface area contributed by atoms with Crippen LogP contribution in [-0.2, 0) is 6.54 Å². The van der Waals surface area contributed by atoms with Crippen LogP contribution >= 0.6 is 11.6 Å². The molecular weight excluding hydrogens is 316 g/mol. The molecule has 1 aromatic heterocycles. The minimum Gasteiger partial charge on any atom is -0.478 e. The van der Waals surface area contributed by atoms with E-state index < -0.39 is 5.97 Å². The van der Waals surface area contributed by atoms with E-state index in [4.69, 9.17) is 16.7 Å². The Bertz CT molecular complexity index is 708. The third-order valence-electron chi connectivity index (χ3n) is 3.35. The van der Waals surface area contributed by atoms with Crippen LogP contribution in [0.25, 0.3) is 0 Å². The van der Waals surface area contributed by atoms with Crippen LogP contribution in [0, 0.1) is 6.92 Å². The Morgan fingerprint density at radius 3 is 2.74 bits per heavy atom. The van der Waals surface area contributed by atoms with E-state index >= 15 is 0 Å². The third-order valence-corrected chi connectivity index (χ3v) is 3.75. The maximum Gasteiger partial charge on any atom is 0.335 e. The number of carboxylic acids is 1. The van der Waals surface area contributed by atoms with Crippen LogP contribution in [0.1, 0.15) is 41.4 Å². The largest absolute Gasteiger partial charge is 0.478 e. The topological polar surface area (TPSA) is 79.5 Å². The number of unbranched alkanes of at least 4 members (excludes halogenated alkanes) is 1. The van der Waals surface area contributed by atoms with Crippen molar-refractivity contribution < 1.29 is 9.90 Å². The summed E-state index contributed by atoms with van der Waals surface area (Å²) >= 11 is 6.32. The summed E-state index contributed by atoms with van der Waals surface area (Å²) in [5, 5.41) is 18.0. The molecule has 0 aliphatic heterocycles. The molecule has 0 saturated carbocycles. The van der Waals surface area contributed by atoms with Crippen LogP contribution in [0.15, 0.2) is 29.4 Å². The van der Waals surface area contributed by atoms with E-state index in [1.807, 2.05) is 6.92 Å². The van der Waals surface area contributed by atoms with Gasteiger partial charge in [0.25, 0.3) is 0 Å². The van der Waals surface area contributed by atoms with Gasteiger partial charge in [0.05, 0.1) is 28.7 Å². The van der Waals surface area contributed by atoms with Gasteiger partial charge in [0.1, 0.15) is 5.15 Å². The van der Waals surface area contributed by atoms with Crippen molar-refractivity contribution in [2.75, 3.05) is 5.43 Å². The quantitative estimate of drug-likeness (QED) is 0.596. The summed E-state index contributed by atoms with van der Waals surface area (Å²) in [7, 11) is 0. The van der Waals surface area contributed by atoms with Gasteiger partial charge in [0.2, 0.25) is 0 Å². The van der Waals surface area contributed by atoms with Gasteiger partial charge >= 0.3 is 5.97 Å². The molecule has 0 atom stereocenters. The Morgan fingerprint density at radius 2 is 2.13 bits per heavy atom. The van der Waals surface area contributed by atoms with Gasteiger partial charge in [-0.1, -0.05) is 24.9 Å². The molecule has 1 aromatic carbocycles. The summed E-state index contributed by atoms with van der Waals surface area (Å²) in [6.45, 7) is 4.79. The van der Waals surface area contributed by atoms with Crippen LogP contribution in [-0.4, -0.2) is 27.1 Å². The molecule has 2 aromatic rings. The van der Waals surface area contributed by atoms with Crippen molar-refractivity contribution >= 4 is 29.5 Å². The Balaban J connectivity index is 2.05. The van der Waals surface area contributed by atoms with Crippen molar-refractivity contribution in [3.8, 4) is 0 Å². The number of rotatable bonds is 7. The van der Waals surface area contributed by atoms with Crippen molar-refractivity contribution in [3.63, 3.8) is 0 Å². The molecule has 2 N–H and O–H groups in total. The number of carbonyl (C=O) groups is 1. The van der Waals surface area contributed by atoms with Gasteiger partial charge < -0.3 is 5.11 Å². The molecule has 7 heteroatoms. The molecule has 0 saturated heterocycles. The van der Waals surface area contributed by atoms with Gasteiger partial charge in [-0.25, -0.2) is 4.79 Å². The molecule has 0 radical (unpaired) electrons. The monoisotopic (exact) mass is 334 g/mol. The number of nitrogens with one attached hydrogen (secondary N) is 1. The van der Waals surface area contributed by atoms with Crippen LogP contribution in [0.4, 0.5) is 5.69 Å². The van der Waals surface area contributed by atoms with Gasteiger partial charge in [-0.2, -0.15) is 10.2 Å². The predicted molar refractivity (Wildman–Crippen MR) is 91.5 cm³/mol. The van der Waals surface area contributed by atoms with Crippen molar-refractivity contribution in [3.05, 3.63) is 46.2 Å². The van der Waals surface area contributed by atoms with Crippen molar-refractivity contribution in [2.45, 2.75) is 33.2 Å². The molecule has 2 rings (SSSR count). The molecule has 23 heavy (non-hydrogen) atoms. The second-order valence-corrected chi connectivity index (χ2v) is 5.48. The van der Waals surface area contributed by atoms with Crippen LogP contribution in [0.2, 0.25) is 5.15 Å². The number of aromatic nitrogens is 2. The van der Waals surface area contributed by atoms with Crippen LogP contribution in [0.3, 0.4) is 0 Å². The first-order chi connectivity index (χ1) is 11.0. The highest BCUT2D eigenvalue weighted by molar-refractivity contribution is 6.32. The summed E-state index contributed by atoms with van der Waals surface area (Å²) in [5.41, 5.74) is 5.36. The Kier molecular flexibility index (Phi) is 5.76. The number of anilines is 1. The molecule has 6 nitrogen and oxygen atoms in total. The van der Waals surface area contributed by atoms with E-state index in [2.05, 4.69) is 22.5 Å². The lowest BCUT2D eigenvalue weighted by molar-refractivity contribution is 0.0697. The van der Waals surface area contributed by atoms with Crippen LogP contribution < -0.4 is 5.43 Å². The Morgan fingerprint density at radius 1 is 1.43 bits per heavy atom. The first-order valence-electron chi connectivity index (χ1n) is 7.38. The van der Waals surface area contributed by atoms with E-state index in [-0.39, 0.29) is 5.56 Å². The lowest BCUT2D eigenvalue weighted by atomic mass is 10.2. The van der Waals surface area contributed by atoms with Crippen molar-refractivity contribution in [1.82, 2.24) is 9.78 Å². The Labute approximate surface area is 139 Å². The van der Waals surface area contributed by atoms with Gasteiger partial charge in [0.15, 0.2) is 0 Å². The average Bonchev–Trinajstić information content (AvgIpc) is 2.80. The van der Waals surface area contributed by atoms with Gasteiger partial charge in [0, 0.05) is 6.54 Å². The van der Waals surface area contributed by atoms with E-state index in [0.29, 0.717) is 10.8 Å². The molecule has 1 heterocycles. The number of hydrogen-bond acceptors (Lipinski definition) is 4. The number of nitrogens with zero attached hydrogens (tertiary/aromatic N) is 3. The van der Waals surface area contributed by atoms with E-state index in [1.165, 1.54) is 12.1 Å². The number of hydrogen-bond donors (Lipinski definition) is 2. The minimum absolute atomic E-state index is 0.232. The van der Waals surface area contributed by atoms with Gasteiger partial charge in [-0.05, 0) is 37.6 Å². The number of hydrazone groups is 1. The second-order valence-electron chi connectivity index (χ2n) is 5.12. The molecule has 0 spiro atoms. The highest BCUT2D eigenvalue weighted by Crippen LogP contribution is 2.18. The smallest absolute Gasteiger partial charge is 0.335 e. The minimum atomic E-state index is -0.957. The normalized spacial score (nSPS) is 11.1. The first-order valence-corrected chi connectivity index (χ1v) is 7.76. The number of halogens is 1. The maximum atomic E-state index is 10.8. The first kappa shape index (κ1) is 17.0. The fourth-order valence-electron chi connectivity index (χ4n) is 2.03. The molecule has 0 unspecified atom stereocenters. The fraction of sp³-hybridized carbons (Fsp3) is 0.312. The fourth-order valence-corrected chi connectivity index (χ4v) is 2.34. The van der Waals surface area contributed by atoms with E-state index in [9.17, 15) is 4.79 Å². The highest BCUT2D eigenvalue weighted by atomic mass is 35.5. The molecule has 0 fully saturated rings. The lowest BCUT2D eigenvalue weighted by Crippen LogP contribution is -2.00. The molecule has 0 amide bonds. The van der Waals surface area contributed by atoms with E-state index in [1.54, 1.807) is 23.0 Å². The van der Waals surface area contributed by atoms with Crippen molar-refractivity contribution in [1.29, 1.82) is 0 Å². The molecule has 122 valence electrons. The molecular formula is C16H19ClN4O2. The average molecular weight is 335 g/mol. The SMILES string of the molecule is CCCCn1nc(C)c(/C=N\Nc2ccc(C(=O)O)cc2)c1Cl. The van der Waals surface area contributed by atoms with Gasteiger partial charge in [-0.3, -0.25) is 10.1 Å². The summed E-state index contributed by atoms with van der Waals surface area (Å²) in [6, 6.07) is 6.34. The van der Waals surface area contributed by atoms with E-state index in [0.717, 1.165) is 30.6 Å². The van der Waals surface area contributed by atoms with Crippen LogP contribution in [0.5, 0.6) is 0 Å². The summed E-state index contributed by atoms with van der Waals surface area (Å²) in [4.78, 5) is 10.8. The number of aryl methyl sites for hydroxylation is 2.